The molecule has 1 aliphatic carbocycles. The molecule has 0 radical (unpaired) electrons. The summed E-state index contributed by atoms with van der Waals surface area (Å²) < 4.78 is 0. The quantitative estimate of drug-likeness (QED) is 0.607. The van der Waals surface area contributed by atoms with E-state index in [1.54, 1.807) is 24.2 Å². The Morgan fingerprint density at radius 1 is 1.36 bits per heavy atom. The number of hydrogen-bond acceptors (Lipinski definition) is 4. The molecule has 0 unspecified atom stereocenters. The maximum atomic E-state index is 9.26. The van der Waals surface area contributed by atoms with E-state index in [4.69, 9.17) is 0 Å². The minimum atomic E-state index is 0.157. The molecule has 0 aliphatic heterocycles. The van der Waals surface area contributed by atoms with Crippen molar-refractivity contribution < 1.29 is 5.11 Å². The fraction of sp³-hybridized carbons (Fsp3) is 0.600. The average molecular weight is 210 g/mol. The van der Waals surface area contributed by atoms with Crippen molar-refractivity contribution in [2.75, 3.05) is 12.4 Å². The minimum absolute atomic E-state index is 0.157. The van der Waals surface area contributed by atoms with Crippen molar-refractivity contribution >= 4 is 11.8 Å². The van der Waals surface area contributed by atoms with Crippen LogP contribution in [0.5, 0.6) is 0 Å². The number of aromatic nitrogens is 2. The molecule has 2 rings (SSSR count). The van der Waals surface area contributed by atoms with Crippen LogP contribution in [0.25, 0.3) is 0 Å². The fourth-order valence-corrected chi connectivity index (χ4v) is 2.69. The lowest BCUT2D eigenvalue weighted by Crippen LogP contribution is -2.35. The van der Waals surface area contributed by atoms with Gasteiger partial charge in [-0.2, -0.15) is 0 Å². The zero-order valence-corrected chi connectivity index (χ0v) is 8.83. The molecule has 0 bridgehead atoms. The summed E-state index contributed by atoms with van der Waals surface area (Å²) in [4.78, 5) is 8.29. The molecule has 1 fully saturated rings. The van der Waals surface area contributed by atoms with E-state index in [9.17, 15) is 5.11 Å². The number of hydrogen-bond donors (Lipinski definition) is 1. The van der Waals surface area contributed by atoms with Crippen LogP contribution in [0.3, 0.4) is 0 Å². The molecule has 3 nitrogen and oxygen atoms in total. The average Bonchev–Trinajstić information content (AvgIpc) is 2.19. The van der Waals surface area contributed by atoms with Crippen molar-refractivity contribution in [2.45, 2.75) is 24.4 Å². The van der Waals surface area contributed by atoms with E-state index in [1.165, 1.54) is 6.42 Å². The Bertz CT molecular complexity index is 282. The summed E-state index contributed by atoms with van der Waals surface area (Å²) in [5.74, 6) is 0.938. The zero-order valence-electron chi connectivity index (χ0n) is 8.02. The standard InChI is InChI=1S/C10H14N2OS/c13-7-10(3-1-4-10)8-14-9-11-5-2-6-12-9/h2,5-6,13H,1,3-4,7-8H2. The van der Waals surface area contributed by atoms with Gasteiger partial charge in [-0.3, -0.25) is 0 Å². The summed E-state index contributed by atoms with van der Waals surface area (Å²) in [5, 5.41) is 10.1. The summed E-state index contributed by atoms with van der Waals surface area (Å²) in [6, 6.07) is 1.81. The highest BCUT2D eigenvalue weighted by atomic mass is 32.2. The van der Waals surface area contributed by atoms with Gasteiger partial charge in [0.15, 0.2) is 5.16 Å². The van der Waals surface area contributed by atoms with Crippen molar-refractivity contribution in [3.05, 3.63) is 18.5 Å². The SMILES string of the molecule is OCC1(CSc2ncccn2)CCC1. The molecule has 1 aliphatic rings. The van der Waals surface area contributed by atoms with Gasteiger partial charge in [-0.25, -0.2) is 9.97 Å². The third-order valence-electron chi connectivity index (χ3n) is 2.80. The topological polar surface area (TPSA) is 46.0 Å². The first-order valence-electron chi connectivity index (χ1n) is 4.85. The van der Waals surface area contributed by atoms with Crippen LogP contribution in [0.15, 0.2) is 23.6 Å². The Kier molecular flexibility index (Phi) is 3.03. The summed E-state index contributed by atoms with van der Waals surface area (Å²) in [5.41, 5.74) is 0.157. The summed E-state index contributed by atoms with van der Waals surface area (Å²) in [7, 11) is 0. The maximum absolute atomic E-state index is 9.26. The molecule has 1 saturated carbocycles. The van der Waals surface area contributed by atoms with Gasteiger partial charge in [0.25, 0.3) is 0 Å². The Morgan fingerprint density at radius 2 is 2.07 bits per heavy atom. The number of aliphatic hydroxyl groups is 1. The van der Waals surface area contributed by atoms with Gasteiger partial charge < -0.3 is 5.11 Å². The fourth-order valence-electron chi connectivity index (χ4n) is 1.60. The van der Waals surface area contributed by atoms with Crippen molar-refractivity contribution in [3.8, 4) is 0 Å². The molecule has 0 aromatic carbocycles. The van der Waals surface area contributed by atoms with Gasteiger partial charge in [-0.05, 0) is 18.9 Å². The molecule has 1 N–H and O–H groups in total. The summed E-state index contributed by atoms with van der Waals surface area (Å²) >= 11 is 1.65. The second kappa shape index (κ2) is 4.28. The molecule has 4 heteroatoms. The van der Waals surface area contributed by atoms with Crippen LogP contribution in [-0.2, 0) is 0 Å². The Labute approximate surface area is 88.0 Å². The van der Waals surface area contributed by atoms with Crippen LogP contribution in [0.2, 0.25) is 0 Å². The first kappa shape index (κ1) is 9.93. The van der Waals surface area contributed by atoms with Gasteiger partial charge in [-0.15, -0.1) is 0 Å². The molecule has 0 spiro atoms. The van der Waals surface area contributed by atoms with Crippen molar-refractivity contribution in [3.63, 3.8) is 0 Å². The molecular weight excluding hydrogens is 196 g/mol. The minimum Gasteiger partial charge on any atom is -0.396 e. The third-order valence-corrected chi connectivity index (χ3v) is 4.02. The Morgan fingerprint density at radius 3 is 2.57 bits per heavy atom. The van der Waals surface area contributed by atoms with Gasteiger partial charge in [0.2, 0.25) is 0 Å². The smallest absolute Gasteiger partial charge is 0.187 e. The van der Waals surface area contributed by atoms with Crippen LogP contribution in [0, 0.1) is 5.41 Å². The van der Waals surface area contributed by atoms with Gasteiger partial charge >= 0.3 is 0 Å². The maximum Gasteiger partial charge on any atom is 0.187 e. The highest BCUT2D eigenvalue weighted by Crippen LogP contribution is 2.43. The van der Waals surface area contributed by atoms with Crippen molar-refractivity contribution in [2.24, 2.45) is 5.41 Å². The lowest BCUT2D eigenvalue weighted by atomic mass is 9.71. The van der Waals surface area contributed by atoms with Gasteiger partial charge in [0, 0.05) is 30.2 Å². The van der Waals surface area contributed by atoms with Gasteiger partial charge in [-0.1, -0.05) is 18.2 Å². The largest absolute Gasteiger partial charge is 0.396 e. The van der Waals surface area contributed by atoms with Crippen LogP contribution >= 0.6 is 11.8 Å². The van der Waals surface area contributed by atoms with E-state index in [-0.39, 0.29) is 5.41 Å². The lowest BCUT2D eigenvalue weighted by molar-refractivity contribution is 0.0685. The van der Waals surface area contributed by atoms with E-state index < -0.39 is 0 Å². The monoisotopic (exact) mass is 210 g/mol. The molecule has 0 atom stereocenters. The molecule has 0 saturated heterocycles. The van der Waals surface area contributed by atoms with Crippen molar-refractivity contribution in [1.29, 1.82) is 0 Å². The van der Waals surface area contributed by atoms with Gasteiger partial charge in [0.1, 0.15) is 0 Å². The normalized spacial score (nSPS) is 18.9. The first-order valence-corrected chi connectivity index (χ1v) is 5.84. The number of aliphatic hydroxyl groups excluding tert-OH is 1. The molecule has 14 heavy (non-hydrogen) atoms. The summed E-state index contributed by atoms with van der Waals surface area (Å²) in [6.45, 7) is 0.298. The third kappa shape index (κ3) is 2.07. The number of thioether (sulfide) groups is 1. The van der Waals surface area contributed by atoms with Gasteiger partial charge in [0.05, 0.1) is 0 Å². The second-order valence-corrected chi connectivity index (χ2v) is 4.77. The molecule has 1 heterocycles. The predicted octanol–water partition coefficient (Wildman–Crippen LogP) is 1.73. The van der Waals surface area contributed by atoms with Crippen LogP contribution in [0.1, 0.15) is 19.3 Å². The molecule has 1 aromatic heterocycles. The molecule has 76 valence electrons. The Hall–Kier alpha value is -0.610. The van der Waals surface area contributed by atoms with E-state index in [2.05, 4.69) is 9.97 Å². The number of rotatable bonds is 4. The zero-order chi connectivity index (χ0) is 9.86. The number of nitrogens with zero attached hydrogens (tertiary/aromatic N) is 2. The van der Waals surface area contributed by atoms with E-state index in [0.29, 0.717) is 6.61 Å². The Balaban J connectivity index is 1.88. The predicted molar refractivity (Wildman–Crippen MR) is 56.1 cm³/mol. The van der Waals surface area contributed by atoms with Crippen LogP contribution < -0.4 is 0 Å². The summed E-state index contributed by atoms with van der Waals surface area (Å²) in [6.07, 6.45) is 7.03. The van der Waals surface area contributed by atoms with E-state index in [0.717, 1.165) is 23.8 Å². The van der Waals surface area contributed by atoms with Crippen LogP contribution in [-0.4, -0.2) is 27.4 Å². The molecule has 0 amide bonds. The van der Waals surface area contributed by atoms with E-state index >= 15 is 0 Å². The second-order valence-electron chi connectivity index (χ2n) is 3.83. The van der Waals surface area contributed by atoms with Crippen LogP contribution in [0.4, 0.5) is 0 Å². The highest BCUT2D eigenvalue weighted by Gasteiger charge is 2.36. The lowest BCUT2D eigenvalue weighted by Gasteiger charge is -2.39. The highest BCUT2D eigenvalue weighted by molar-refractivity contribution is 7.99. The van der Waals surface area contributed by atoms with Crippen molar-refractivity contribution in [1.82, 2.24) is 9.97 Å². The molecule has 1 aromatic rings. The molecular formula is C10H14N2OS. The van der Waals surface area contributed by atoms with E-state index in [1.807, 2.05) is 6.07 Å². The first-order chi connectivity index (χ1) is 6.85.